The van der Waals surface area contributed by atoms with Gasteiger partial charge in [0.2, 0.25) is 0 Å². The molecule has 0 unspecified atom stereocenters. The molecule has 2 heterocycles. The molecule has 4 nitrogen and oxygen atoms in total. The van der Waals surface area contributed by atoms with Crippen molar-refractivity contribution in [3.63, 3.8) is 0 Å². The van der Waals surface area contributed by atoms with Crippen molar-refractivity contribution in [2.45, 2.75) is 13.1 Å². The van der Waals surface area contributed by atoms with E-state index in [9.17, 15) is 22.8 Å². The highest BCUT2D eigenvalue weighted by Gasteiger charge is 2.41. The van der Waals surface area contributed by atoms with Gasteiger partial charge >= 0.3 is 6.18 Å². The van der Waals surface area contributed by atoms with Crippen molar-refractivity contribution in [2.75, 3.05) is 10.2 Å². The van der Waals surface area contributed by atoms with Crippen LogP contribution in [0, 0.1) is 6.92 Å². The molecule has 1 aromatic heterocycles. The number of amides is 2. The zero-order valence-corrected chi connectivity index (χ0v) is 17.5. The van der Waals surface area contributed by atoms with E-state index in [1.54, 1.807) is 42.6 Å². The topological polar surface area (TPSA) is 49.4 Å². The van der Waals surface area contributed by atoms with Crippen molar-refractivity contribution in [1.29, 1.82) is 0 Å². The highest BCUT2D eigenvalue weighted by molar-refractivity contribution is 7.11. The van der Waals surface area contributed by atoms with Crippen LogP contribution in [0.2, 0.25) is 5.02 Å². The molecule has 0 radical (unpaired) electrons. The Bertz CT molecular complexity index is 1220. The van der Waals surface area contributed by atoms with Crippen LogP contribution in [0.4, 0.5) is 24.5 Å². The highest BCUT2D eigenvalue weighted by atomic mass is 35.5. The van der Waals surface area contributed by atoms with Crippen molar-refractivity contribution in [2.24, 2.45) is 0 Å². The van der Waals surface area contributed by atoms with Crippen LogP contribution in [0.5, 0.6) is 0 Å². The van der Waals surface area contributed by atoms with Crippen LogP contribution in [0.15, 0.2) is 65.7 Å². The maximum absolute atomic E-state index is 13.3. The van der Waals surface area contributed by atoms with Crippen LogP contribution in [0.3, 0.4) is 0 Å². The summed E-state index contributed by atoms with van der Waals surface area (Å²) < 4.78 is 39.3. The van der Waals surface area contributed by atoms with Gasteiger partial charge in [-0.05, 0) is 60.3 Å². The number of anilines is 2. The summed E-state index contributed by atoms with van der Waals surface area (Å²) in [7, 11) is 0. The zero-order valence-electron chi connectivity index (χ0n) is 16.0. The van der Waals surface area contributed by atoms with Crippen LogP contribution in [-0.2, 0) is 15.8 Å². The van der Waals surface area contributed by atoms with Gasteiger partial charge in [0.25, 0.3) is 11.8 Å². The molecular weight excluding hydrogens is 449 g/mol. The smallest absolute Gasteiger partial charge is 0.350 e. The van der Waals surface area contributed by atoms with E-state index >= 15 is 0 Å². The first-order valence-corrected chi connectivity index (χ1v) is 10.3. The van der Waals surface area contributed by atoms with Gasteiger partial charge in [0.1, 0.15) is 5.70 Å². The van der Waals surface area contributed by atoms with Crippen molar-refractivity contribution in [3.05, 3.63) is 86.7 Å². The van der Waals surface area contributed by atoms with Crippen LogP contribution in [0.1, 0.15) is 16.0 Å². The summed E-state index contributed by atoms with van der Waals surface area (Å²) in [5.74, 6) is -1.22. The molecule has 31 heavy (non-hydrogen) atoms. The number of hydrogen-bond acceptors (Lipinski definition) is 4. The average Bonchev–Trinajstić information content (AvgIpc) is 3.30. The molecule has 0 spiro atoms. The minimum atomic E-state index is -4.54. The number of carbonyl (C=O) groups is 2. The molecule has 2 amide bonds. The first kappa shape index (κ1) is 21.1. The van der Waals surface area contributed by atoms with E-state index < -0.39 is 23.6 Å². The molecule has 4 rings (SSSR count). The number of nitrogens with zero attached hydrogens (tertiary/aromatic N) is 1. The molecule has 9 heteroatoms. The largest absolute Gasteiger partial charge is 0.416 e. The lowest BCUT2D eigenvalue weighted by molar-refractivity contribution is -0.137. The average molecular weight is 463 g/mol. The van der Waals surface area contributed by atoms with Crippen LogP contribution in [0.25, 0.3) is 5.57 Å². The first-order chi connectivity index (χ1) is 14.7. The third-order valence-corrected chi connectivity index (χ3v) is 5.83. The fourth-order valence-electron chi connectivity index (χ4n) is 3.30. The normalized spacial score (nSPS) is 14.5. The molecule has 0 atom stereocenters. The van der Waals surface area contributed by atoms with Crippen LogP contribution >= 0.6 is 22.9 Å². The molecule has 0 bridgehead atoms. The highest BCUT2D eigenvalue weighted by Crippen LogP contribution is 2.38. The summed E-state index contributed by atoms with van der Waals surface area (Å²) in [6.07, 6.45) is -4.54. The van der Waals surface area contributed by atoms with Gasteiger partial charge in [-0.25, -0.2) is 4.90 Å². The third-order valence-electron chi connectivity index (χ3n) is 4.71. The number of halogens is 4. The van der Waals surface area contributed by atoms with Gasteiger partial charge in [0, 0.05) is 15.6 Å². The van der Waals surface area contributed by atoms with Crippen molar-refractivity contribution < 1.29 is 22.8 Å². The third kappa shape index (κ3) is 3.96. The summed E-state index contributed by atoms with van der Waals surface area (Å²) in [6, 6.07) is 12.6. The minimum Gasteiger partial charge on any atom is -0.350 e. The molecule has 1 aliphatic rings. The van der Waals surface area contributed by atoms with Gasteiger partial charge in [-0.15, -0.1) is 11.3 Å². The molecule has 1 aliphatic heterocycles. The number of benzene rings is 2. The van der Waals surface area contributed by atoms with E-state index in [2.05, 4.69) is 5.32 Å². The first-order valence-electron chi connectivity index (χ1n) is 9.04. The number of carbonyl (C=O) groups excluding carboxylic acids is 2. The molecule has 3 aromatic rings. The summed E-state index contributed by atoms with van der Waals surface area (Å²) in [5.41, 5.74) is 0.176. The number of alkyl halides is 3. The second kappa shape index (κ2) is 7.86. The van der Waals surface area contributed by atoms with Gasteiger partial charge in [-0.3, -0.25) is 9.59 Å². The van der Waals surface area contributed by atoms with Crippen molar-refractivity contribution >= 4 is 51.7 Å². The molecule has 0 aliphatic carbocycles. The summed E-state index contributed by atoms with van der Waals surface area (Å²) >= 11 is 7.25. The van der Waals surface area contributed by atoms with Gasteiger partial charge in [-0.2, -0.15) is 13.2 Å². The fourth-order valence-corrected chi connectivity index (χ4v) is 4.30. The summed E-state index contributed by atoms with van der Waals surface area (Å²) in [6.45, 7) is 1.71. The molecule has 0 fully saturated rings. The van der Waals surface area contributed by atoms with E-state index in [1.807, 2.05) is 0 Å². The predicted molar refractivity (Wildman–Crippen MR) is 115 cm³/mol. The second-order valence-corrected chi connectivity index (χ2v) is 8.19. The lowest BCUT2D eigenvalue weighted by Crippen LogP contribution is -2.33. The fraction of sp³-hybridized carbons (Fsp3) is 0.0909. The van der Waals surface area contributed by atoms with Gasteiger partial charge in [0.15, 0.2) is 0 Å². The SMILES string of the molecule is Cc1cc(Cl)ccc1N1C(=O)C(Nc2cccc(C(F)(F)F)c2)=C(c2cccs2)C1=O. The number of imide groups is 1. The zero-order chi connectivity index (χ0) is 22.3. The van der Waals surface area contributed by atoms with Gasteiger partial charge < -0.3 is 5.32 Å². The molecular formula is C22H14ClF3N2O2S. The standard InChI is InChI=1S/C22H14ClF3N2O2S/c1-12-10-14(23)7-8-16(12)28-20(29)18(17-6-3-9-31-17)19(21(28)30)27-15-5-2-4-13(11-15)22(24,25)26/h2-11,27H,1H3. The van der Waals surface area contributed by atoms with E-state index in [1.165, 1.54) is 23.5 Å². The summed E-state index contributed by atoms with van der Waals surface area (Å²) in [4.78, 5) is 28.1. The Morgan fingerprint density at radius 3 is 2.42 bits per heavy atom. The number of nitrogens with one attached hydrogen (secondary N) is 1. The van der Waals surface area contributed by atoms with E-state index in [-0.39, 0.29) is 17.0 Å². The number of rotatable bonds is 4. The maximum atomic E-state index is 13.3. The Morgan fingerprint density at radius 2 is 1.77 bits per heavy atom. The van der Waals surface area contributed by atoms with Crippen LogP contribution in [-0.4, -0.2) is 11.8 Å². The van der Waals surface area contributed by atoms with E-state index in [0.29, 0.717) is 21.2 Å². The number of hydrogen-bond donors (Lipinski definition) is 1. The monoisotopic (exact) mass is 462 g/mol. The van der Waals surface area contributed by atoms with Gasteiger partial charge in [0.05, 0.1) is 16.8 Å². The lowest BCUT2D eigenvalue weighted by atomic mass is 10.1. The second-order valence-electron chi connectivity index (χ2n) is 6.81. The van der Waals surface area contributed by atoms with Gasteiger partial charge in [-0.1, -0.05) is 23.7 Å². The molecule has 1 N–H and O–H groups in total. The minimum absolute atomic E-state index is 0.0507. The van der Waals surface area contributed by atoms with E-state index in [4.69, 9.17) is 11.6 Å². The Balaban J connectivity index is 1.80. The Labute approximate surface area is 184 Å². The van der Waals surface area contributed by atoms with Crippen molar-refractivity contribution in [1.82, 2.24) is 0 Å². The Morgan fingerprint density at radius 1 is 1.00 bits per heavy atom. The van der Waals surface area contributed by atoms with Crippen LogP contribution < -0.4 is 10.2 Å². The molecule has 0 saturated carbocycles. The summed E-state index contributed by atoms with van der Waals surface area (Å²) in [5, 5.41) is 4.95. The lowest BCUT2D eigenvalue weighted by Gasteiger charge is -2.18. The quantitative estimate of drug-likeness (QED) is 0.475. The molecule has 2 aromatic carbocycles. The Kier molecular flexibility index (Phi) is 5.36. The molecule has 158 valence electrons. The maximum Gasteiger partial charge on any atom is 0.416 e. The Hall–Kier alpha value is -3.10. The number of aryl methyl sites for hydroxylation is 1. The predicted octanol–water partition coefficient (Wildman–Crippen LogP) is 6.13. The molecule has 0 saturated heterocycles. The number of thiophene rings is 1. The van der Waals surface area contributed by atoms with E-state index in [0.717, 1.165) is 17.0 Å². The van der Waals surface area contributed by atoms with Crippen molar-refractivity contribution in [3.8, 4) is 0 Å².